The summed E-state index contributed by atoms with van der Waals surface area (Å²) in [4.78, 5) is 25.4. The van der Waals surface area contributed by atoms with Crippen molar-refractivity contribution in [3.05, 3.63) is 59.7 Å². The molecule has 7 heteroatoms. The van der Waals surface area contributed by atoms with Gasteiger partial charge in [0, 0.05) is 24.5 Å². The molecule has 0 spiro atoms. The molecule has 0 fully saturated rings. The van der Waals surface area contributed by atoms with Crippen molar-refractivity contribution >= 4 is 23.3 Å². The molecule has 3 N–H and O–H groups in total. The standard InChI is InChI=1S/C49H82N2O5/c1-3-5-7-9-11-13-15-17-19-21-23-25-27-29-39-50-45-35-31-43(32-36-45)48(53)55-42-47(41-52)56-49(54)44-33-37-46(38-34-44)51-40-30-28-26-24-22-20-18-16-14-12-10-8-6-4-2/h31-38,47,50-52H,3-30,39-42H2,1-2H3. The van der Waals surface area contributed by atoms with Crippen molar-refractivity contribution in [2.75, 3.05) is 36.9 Å². The minimum atomic E-state index is -0.949. The molecule has 56 heavy (non-hydrogen) atoms. The molecule has 0 heterocycles. The second-order valence-electron chi connectivity index (χ2n) is 16.0. The molecule has 2 rings (SSSR count). The van der Waals surface area contributed by atoms with Crippen LogP contribution in [0.3, 0.4) is 0 Å². The summed E-state index contributed by atoms with van der Waals surface area (Å²) in [5, 5.41) is 16.7. The van der Waals surface area contributed by atoms with Crippen LogP contribution in [0.15, 0.2) is 48.5 Å². The maximum absolute atomic E-state index is 12.7. The molecule has 0 aliphatic heterocycles. The number of unbranched alkanes of at least 4 members (excludes halogenated alkanes) is 26. The summed E-state index contributed by atoms with van der Waals surface area (Å²) in [6.07, 6.45) is 36.8. The van der Waals surface area contributed by atoms with Gasteiger partial charge in [-0.3, -0.25) is 0 Å². The van der Waals surface area contributed by atoms with Crippen LogP contribution in [0.5, 0.6) is 0 Å². The second-order valence-corrected chi connectivity index (χ2v) is 16.0. The van der Waals surface area contributed by atoms with Crippen LogP contribution >= 0.6 is 0 Å². The molecule has 1 unspecified atom stereocenters. The first kappa shape index (κ1) is 49.1. The lowest BCUT2D eigenvalue weighted by molar-refractivity contribution is -0.0170. The van der Waals surface area contributed by atoms with E-state index in [4.69, 9.17) is 9.47 Å². The van der Waals surface area contributed by atoms with Gasteiger partial charge in [-0.05, 0) is 61.4 Å². The predicted molar refractivity (Wildman–Crippen MR) is 237 cm³/mol. The van der Waals surface area contributed by atoms with Crippen molar-refractivity contribution in [2.24, 2.45) is 0 Å². The minimum Gasteiger partial charge on any atom is -0.458 e. The van der Waals surface area contributed by atoms with Crippen LogP contribution in [0.2, 0.25) is 0 Å². The fourth-order valence-corrected chi connectivity index (χ4v) is 7.15. The molecule has 0 amide bonds. The number of carbonyl (C=O) groups excluding carboxylic acids is 2. The quantitative estimate of drug-likeness (QED) is 0.0461. The van der Waals surface area contributed by atoms with Gasteiger partial charge in [0.05, 0.1) is 17.7 Å². The Morgan fingerprint density at radius 2 is 0.768 bits per heavy atom. The zero-order valence-corrected chi connectivity index (χ0v) is 35.9. The average Bonchev–Trinajstić information content (AvgIpc) is 3.22. The van der Waals surface area contributed by atoms with E-state index in [-0.39, 0.29) is 6.61 Å². The maximum atomic E-state index is 12.7. The third-order valence-electron chi connectivity index (χ3n) is 10.8. The van der Waals surface area contributed by atoms with Crippen LogP contribution in [0.4, 0.5) is 11.4 Å². The van der Waals surface area contributed by atoms with Crippen LogP contribution in [-0.4, -0.2) is 49.5 Å². The topological polar surface area (TPSA) is 96.9 Å². The molecular formula is C49H82N2O5. The normalized spacial score (nSPS) is 11.7. The van der Waals surface area contributed by atoms with Gasteiger partial charge in [0.2, 0.25) is 0 Å². The first-order valence-electron chi connectivity index (χ1n) is 23.2. The summed E-state index contributed by atoms with van der Waals surface area (Å²) in [6, 6.07) is 14.4. The van der Waals surface area contributed by atoms with Gasteiger partial charge < -0.3 is 25.2 Å². The first-order chi connectivity index (χ1) is 27.6. The highest BCUT2D eigenvalue weighted by molar-refractivity contribution is 5.90. The summed E-state index contributed by atoms with van der Waals surface area (Å²) < 4.78 is 10.8. The Morgan fingerprint density at radius 1 is 0.464 bits per heavy atom. The van der Waals surface area contributed by atoms with Gasteiger partial charge in [0.25, 0.3) is 0 Å². The molecule has 0 radical (unpaired) electrons. The lowest BCUT2D eigenvalue weighted by Gasteiger charge is -2.16. The number of aliphatic hydroxyl groups excluding tert-OH is 1. The Morgan fingerprint density at radius 3 is 1.09 bits per heavy atom. The summed E-state index contributed by atoms with van der Waals surface area (Å²) >= 11 is 0. The molecule has 0 aliphatic rings. The fourth-order valence-electron chi connectivity index (χ4n) is 7.15. The van der Waals surface area contributed by atoms with E-state index in [9.17, 15) is 14.7 Å². The van der Waals surface area contributed by atoms with Crippen molar-refractivity contribution in [3.8, 4) is 0 Å². The van der Waals surface area contributed by atoms with Gasteiger partial charge in [0.15, 0.2) is 6.10 Å². The second kappa shape index (κ2) is 35.1. The van der Waals surface area contributed by atoms with Gasteiger partial charge >= 0.3 is 11.9 Å². The zero-order chi connectivity index (χ0) is 40.2. The molecule has 7 nitrogen and oxygen atoms in total. The van der Waals surface area contributed by atoms with Crippen LogP contribution in [0.1, 0.15) is 214 Å². The molecule has 0 saturated carbocycles. The predicted octanol–water partition coefficient (Wildman–Crippen LogP) is 13.8. The molecule has 0 aromatic heterocycles. The number of hydrogen-bond donors (Lipinski definition) is 3. The third kappa shape index (κ3) is 26.0. The average molecular weight is 779 g/mol. The molecule has 318 valence electrons. The lowest BCUT2D eigenvalue weighted by Crippen LogP contribution is -2.28. The number of hydrogen-bond acceptors (Lipinski definition) is 7. The van der Waals surface area contributed by atoms with E-state index in [2.05, 4.69) is 24.5 Å². The van der Waals surface area contributed by atoms with Gasteiger partial charge in [0.1, 0.15) is 6.61 Å². The van der Waals surface area contributed by atoms with E-state index >= 15 is 0 Å². The number of nitrogens with one attached hydrogen (secondary N) is 2. The van der Waals surface area contributed by atoms with E-state index in [1.54, 1.807) is 24.3 Å². The third-order valence-corrected chi connectivity index (χ3v) is 10.8. The van der Waals surface area contributed by atoms with Crippen molar-refractivity contribution < 1.29 is 24.2 Å². The Hall–Kier alpha value is -3.06. The number of anilines is 2. The van der Waals surface area contributed by atoms with Crippen molar-refractivity contribution in [1.82, 2.24) is 0 Å². The molecule has 2 aromatic rings. The highest BCUT2D eigenvalue weighted by Gasteiger charge is 2.18. The Labute approximate surface area is 342 Å². The number of carbonyl (C=O) groups is 2. The smallest absolute Gasteiger partial charge is 0.338 e. The SMILES string of the molecule is CCCCCCCCCCCCCCCCNc1ccc(C(=O)OCC(CO)OC(=O)c2ccc(NCCCCCCCCCCCCCCCC)cc2)cc1. The number of benzene rings is 2. The van der Waals surface area contributed by atoms with Crippen LogP contribution in [-0.2, 0) is 9.47 Å². The number of rotatable bonds is 38. The number of aliphatic hydroxyl groups is 1. The van der Waals surface area contributed by atoms with E-state index in [0.29, 0.717) is 11.1 Å². The van der Waals surface area contributed by atoms with Crippen LogP contribution < -0.4 is 10.6 Å². The largest absolute Gasteiger partial charge is 0.458 e. The Kier molecular flexibility index (Phi) is 30.8. The molecule has 0 aliphatic carbocycles. The number of esters is 2. The van der Waals surface area contributed by atoms with Gasteiger partial charge in [-0.1, -0.05) is 181 Å². The summed E-state index contributed by atoms with van der Waals surface area (Å²) in [5.41, 5.74) is 2.72. The minimum absolute atomic E-state index is 0.223. The molecule has 0 saturated heterocycles. The Bertz CT molecular complexity index is 1200. The van der Waals surface area contributed by atoms with Crippen molar-refractivity contribution in [3.63, 3.8) is 0 Å². The summed E-state index contributed by atoms with van der Waals surface area (Å²) in [7, 11) is 0. The van der Waals surface area contributed by atoms with E-state index in [0.717, 1.165) is 37.3 Å². The summed E-state index contributed by atoms with van der Waals surface area (Å²) in [6.45, 7) is 5.69. The fraction of sp³-hybridized carbons (Fsp3) is 0.714. The lowest BCUT2D eigenvalue weighted by atomic mass is 10.0. The highest BCUT2D eigenvalue weighted by Crippen LogP contribution is 2.17. The van der Waals surface area contributed by atoms with Gasteiger partial charge in [-0.2, -0.15) is 0 Å². The molecule has 0 bridgehead atoms. The van der Waals surface area contributed by atoms with E-state index in [1.807, 2.05) is 24.3 Å². The highest BCUT2D eigenvalue weighted by atomic mass is 16.6. The van der Waals surface area contributed by atoms with Crippen molar-refractivity contribution in [1.29, 1.82) is 0 Å². The maximum Gasteiger partial charge on any atom is 0.338 e. The van der Waals surface area contributed by atoms with Crippen LogP contribution in [0.25, 0.3) is 0 Å². The summed E-state index contributed by atoms with van der Waals surface area (Å²) in [5.74, 6) is -1.08. The molecule has 1 atom stereocenters. The molecular weight excluding hydrogens is 697 g/mol. The van der Waals surface area contributed by atoms with Gasteiger partial charge in [-0.15, -0.1) is 0 Å². The van der Waals surface area contributed by atoms with Crippen LogP contribution in [0, 0.1) is 0 Å². The zero-order valence-electron chi connectivity index (χ0n) is 35.9. The van der Waals surface area contributed by atoms with Crippen molar-refractivity contribution in [2.45, 2.75) is 200 Å². The first-order valence-corrected chi connectivity index (χ1v) is 23.2. The molecule has 2 aromatic carbocycles. The Balaban J connectivity index is 1.49. The van der Waals surface area contributed by atoms with E-state index < -0.39 is 24.6 Å². The van der Waals surface area contributed by atoms with Gasteiger partial charge in [-0.25, -0.2) is 9.59 Å². The monoisotopic (exact) mass is 779 g/mol. The van der Waals surface area contributed by atoms with E-state index in [1.165, 1.54) is 167 Å². The number of ether oxygens (including phenoxy) is 2.